The second-order valence-electron chi connectivity index (χ2n) is 7.15. The van der Waals surface area contributed by atoms with Gasteiger partial charge < -0.3 is 14.9 Å². The summed E-state index contributed by atoms with van der Waals surface area (Å²) in [5.74, 6) is -2.24. The van der Waals surface area contributed by atoms with E-state index in [1.165, 1.54) is 17.0 Å². The Morgan fingerprint density at radius 1 is 1.16 bits per heavy atom. The molecular formula is C18H25F2N3O2. The van der Waals surface area contributed by atoms with Crippen LogP contribution in [0, 0.1) is 11.6 Å². The fraction of sp³-hybridized carbons (Fsp3) is 0.611. The number of likely N-dealkylation sites (N-methyl/N-ethyl adjacent to an activating group) is 1. The molecule has 1 N–H and O–H groups in total. The number of piperidine rings is 1. The highest BCUT2D eigenvalue weighted by Gasteiger charge is 2.43. The molecule has 25 heavy (non-hydrogen) atoms. The van der Waals surface area contributed by atoms with Gasteiger partial charge in [-0.3, -0.25) is 9.69 Å². The third kappa shape index (κ3) is 3.99. The number of aliphatic hydroxyl groups is 1. The first-order valence-electron chi connectivity index (χ1n) is 8.74. The molecule has 0 aromatic heterocycles. The highest BCUT2D eigenvalue weighted by atomic mass is 19.2. The molecule has 2 heterocycles. The van der Waals surface area contributed by atoms with Crippen molar-refractivity contribution in [3.05, 3.63) is 35.4 Å². The molecule has 2 aliphatic rings. The average Bonchev–Trinajstić information content (AvgIpc) is 2.58. The van der Waals surface area contributed by atoms with E-state index < -0.39 is 17.2 Å². The van der Waals surface area contributed by atoms with E-state index in [-0.39, 0.29) is 18.0 Å². The quantitative estimate of drug-likeness (QED) is 0.880. The van der Waals surface area contributed by atoms with Crippen molar-refractivity contribution < 1.29 is 18.7 Å². The largest absolute Gasteiger partial charge is 0.379 e. The zero-order valence-electron chi connectivity index (χ0n) is 14.5. The monoisotopic (exact) mass is 353 g/mol. The maximum Gasteiger partial charge on any atom is 0.256 e. The van der Waals surface area contributed by atoms with E-state index in [0.717, 1.165) is 32.2 Å². The van der Waals surface area contributed by atoms with Gasteiger partial charge >= 0.3 is 0 Å². The van der Waals surface area contributed by atoms with Crippen LogP contribution in [0.25, 0.3) is 0 Å². The number of carbonyl (C=O) groups excluding carboxylic acids is 1. The van der Waals surface area contributed by atoms with Crippen molar-refractivity contribution >= 4 is 5.91 Å². The number of piperazine rings is 1. The molecule has 1 atom stereocenters. The summed E-state index contributed by atoms with van der Waals surface area (Å²) < 4.78 is 27.3. The first-order chi connectivity index (χ1) is 11.9. The molecule has 0 aliphatic carbocycles. The van der Waals surface area contributed by atoms with Crippen molar-refractivity contribution in [2.45, 2.75) is 25.0 Å². The second kappa shape index (κ2) is 7.35. The lowest BCUT2D eigenvalue weighted by atomic mass is 9.90. The number of likely N-dealkylation sites (tertiary alicyclic amines) is 1. The van der Waals surface area contributed by atoms with Gasteiger partial charge in [-0.25, -0.2) is 8.78 Å². The summed E-state index contributed by atoms with van der Waals surface area (Å²) in [7, 11) is 2.05. The zero-order valence-corrected chi connectivity index (χ0v) is 14.5. The minimum Gasteiger partial charge on any atom is -0.379 e. The van der Waals surface area contributed by atoms with Crippen molar-refractivity contribution in [3.8, 4) is 0 Å². The van der Waals surface area contributed by atoms with Gasteiger partial charge in [0.2, 0.25) is 0 Å². The van der Waals surface area contributed by atoms with Crippen LogP contribution in [0.2, 0.25) is 0 Å². The van der Waals surface area contributed by atoms with Gasteiger partial charge in [-0.1, -0.05) is 12.1 Å². The normalized spacial score (nSPS) is 26.2. The molecule has 5 nitrogen and oxygen atoms in total. The van der Waals surface area contributed by atoms with E-state index in [1.807, 2.05) is 7.05 Å². The molecule has 1 amide bonds. The molecule has 7 heteroatoms. The standard InChI is InChI=1S/C18H25F2N3O2/c1-21-8-10-22(11-9-21)13-18(25)6-3-7-23(17(18)24)12-14-4-2-5-15(19)16(14)20/h2,4-5,25H,3,6-13H2,1H3/t18-/m0/s1. The summed E-state index contributed by atoms with van der Waals surface area (Å²) >= 11 is 0. The number of hydrogen-bond donors (Lipinski definition) is 1. The summed E-state index contributed by atoms with van der Waals surface area (Å²) in [6.07, 6.45) is 1.05. The number of amides is 1. The molecule has 0 unspecified atom stereocenters. The Labute approximate surface area is 146 Å². The topological polar surface area (TPSA) is 47.0 Å². The Morgan fingerprint density at radius 2 is 1.88 bits per heavy atom. The van der Waals surface area contributed by atoms with Gasteiger partial charge in [0, 0.05) is 51.4 Å². The van der Waals surface area contributed by atoms with Crippen LogP contribution in [-0.2, 0) is 11.3 Å². The van der Waals surface area contributed by atoms with Crippen LogP contribution in [-0.4, -0.2) is 77.6 Å². The second-order valence-corrected chi connectivity index (χ2v) is 7.15. The molecule has 1 aromatic rings. The first-order valence-corrected chi connectivity index (χ1v) is 8.74. The fourth-order valence-corrected chi connectivity index (χ4v) is 3.61. The summed E-state index contributed by atoms with van der Waals surface area (Å²) in [5, 5.41) is 10.9. The van der Waals surface area contributed by atoms with E-state index in [1.54, 1.807) is 0 Å². The van der Waals surface area contributed by atoms with Crippen LogP contribution in [0.15, 0.2) is 18.2 Å². The minimum absolute atomic E-state index is 0.0204. The molecule has 1 aromatic carbocycles. The SMILES string of the molecule is CN1CCN(C[C@@]2(O)CCCN(Cc3cccc(F)c3F)C2=O)CC1. The van der Waals surface area contributed by atoms with Crippen LogP contribution in [0.4, 0.5) is 8.78 Å². The lowest BCUT2D eigenvalue weighted by molar-refractivity contribution is -0.160. The maximum absolute atomic E-state index is 13.9. The van der Waals surface area contributed by atoms with Gasteiger partial charge in [0.1, 0.15) is 0 Å². The summed E-state index contributed by atoms with van der Waals surface area (Å²) in [4.78, 5) is 18.6. The third-order valence-electron chi connectivity index (χ3n) is 5.18. The number of halogens is 2. The number of benzene rings is 1. The molecule has 138 valence electrons. The van der Waals surface area contributed by atoms with Crippen molar-refractivity contribution in [2.75, 3.05) is 46.3 Å². The number of hydrogen-bond acceptors (Lipinski definition) is 4. The molecule has 2 aliphatic heterocycles. The number of carbonyl (C=O) groups is 1. The molecule has 0 bridgehead atoms. The maximum atomic E-state index is 13.9. The van der Waals surface area contributed by atoms with Crippen LogP contribution in [0.5, 0.6) is 0 Å². The zero-order chi connectivity index (χ0) is 18.0. The van der Waals surface area contributed by atoms with Crippen LogP contribution in [0.1, 0.15) is 18.4 Å². The molecule has 3 rings (SSSR count). The van der Waals surface area contributed by atoms with Gasteiger partial charge in [0.05, 0.1) is 0 Å². The minimum atomic E-state index is -1.45. The van der Waals surface area contributed by atoms with Gasteiger partial charge in [-0.2, -0.15) is 0 Å². The lowest BCUT2D eigenvalue weighted by Gasteiger charge is -2.42. The smallest absolute Gasteiger partial charge is 0.256 e. The van der Waals surface area contributed by atoms with Gasteiger partial charge in [0.15, 0.2) is 17.2 Å². The molecule has 0 saturated carbocycles. The fourth-order valence-electron chi connectivity index (χ4n) is 3.61. The Hall–Kier alpha value is -1.57. The van der Waals surface area contributed by atoms with Crippen molar-refractivity contribution in [3.63, 3.8) is 0 Å². The third-order valence-corrected chi connectivity index (χ3v) is 5.18. The highest BCUT2D eigenvalue weighted by molar-refractivity contribution is 5.86. The Morgan fingerprint density at radius 3 is 2.60 bits per heavy atom. The van der Waals surface area contributed by atoms with Gasteiger partial charge in [0.25, 0.3) is 5.91 Å². The number of nitrogens with zero attached hydrogens (tertiary/aromatic N) is 3. The lowest BCUT2D eigenvalue weighted by Crippen LogP contribution is -2.60. The van der Waals surface area contributed by atoms with Crippen molar-refractivity contribution in [1.82, 2.24) is 14.7 Å². The van der Waals surface area contributed by atoms with Gasteiger partial charge in [-0.05, 0) is 26.0 Å². The van der Waals surface area contributed by atoms with E-state index in [2.05, 4.69) is 9.80 Å². The number of β-amino-alcohol motifs (C(OH)–C–C–N with tert-alkyl or cyclic N) is 1. The van der Waals surface area contributed by atoms with E-state index in [0.29, 0.717) is 25.9 Å². The predicted molar refractivity (Wildman–Crippen MR) is 89.9 cm³/mol. The molecule has 2 fully saturated rings. The molecule has 0 radical (unpaired) electrons. The molecular weight excluding hydrogens is 328 g/mol. The number of rotatable bonds is 4. The first kappa shape index (κ1) is 18.2. The van der Waals surface area contributed by atoms with Crippen LogP contribution in [0.3, 0.4) is 0 Å². The summed E-state index contributed by atoms with van der Waals surface area (Å²) in [6.45, 7) is 4.15. The Kier molecular flexibility index (Phi) is 5.36. The molecule has 0 spiro atoms. The van der Waals surface area contributed by atoms with E-state index >= 15 is 0 Å². The summed E-state index contributed by atoms with van der Waals surface area (Å²) in [5.41, 5.74) is -1.31. The predicted octanol–water partition coefficient (Wildman–Crippen LogP) is 1.07. The van der Waals surface area contributed by atoms with Crippen molar-refractivity contribution in [2.24, 2.45) is 0 Å². The average molecular weight is 353 g/mol. The van der Waals surface area contributed by atoms with Crippen LogP contribution < -0.4 is 0 Å². The van der Waals surface area contributed by atoms with E-state index in [9.17, 15) is 18.7 Å². The Bertz CT molecular complexity index is 635. The van der Waals surface area contributed by atoms with E-state index in [4.69, 9.17) is 0 Å². The molecule has 2 saturated heterocycles. The summed E-state index contributed by atoms with van der Waals surface area (Å²) in [6, 6.07) is 3.96. The Balaban J connectivity index is 1.68. The van der Waals surface area contributed by atoms with Gasteiger partial charge in [-0.15, -0.1) is 0 Å². The van der Waals surface area contributed by atoms with Crippen LogP contribution >= 0.6 is 0 Å². The van der Waals surface area contributed by atoms with Crippen molar-refractivity contribution in [1.29, 1.82) is 0 Å². The highest BCUT2D eigenvalue weighted by Crippen LogP contribution is 2.26.